The minimum Gasteiger partial charge on any atom is -0.366 e. The molecule has 6 rings (SSSR count). The number of rotatable bonds is 5. The van der Waals surface area contributed by atoms with E-state index in [0.717, 1.165) is 24.0 Å². The first kappa shape index (κ1) is 36.3. The van der Waals surface area contributed by atoms with Crippen molar-refractivity contribution in [3.05, 3.63) is 131 Å². The summed E-state index contributed by atoms with van der Waals surface area (Å²) >= 11 is 0. The molecule has 0 aliphatic heterocycles. The Kier molecular flexibility index (Phi) is 15.6. The van der Waals surface area contributed by atoms with Crippen molar-refractivity contribution in [1.82, 2.24) is 0 Å². The van der Waals surface area contributed by atoms with Crippen LogP contribution in [0.5, 0.6) is 0 Å². The first-order chi connectivity index (χ1) is 19.4. The van der Waals surface area contributed by atoms with Crippen molar-refractivity contribution in [2.24, 2.45) is 0 Å². The van der Waals surface area contributed by atoms with Gasteiger partial charge in [0.1, 0.15) is 6.16 Å². The SMILES string of the molecule is C[PH+](F)CCCC[PH+](F)F.[Au+].[Au+].[C-]#Cc1ccc2c(c1)Cc1ccccc1-2.[C-]#Cc1ccc2c(c1)Cc1ccccc1-2. The summed E-state index contributed by atoms with van der Waals surface area (Å²) in [5.74, 6) is 4.87. The molecule has 4 aromatic rings. The fourth-order valence-corrected chi connectivity index (χ4v) is 6.33. The zero-order valence-corrected chi connectivity index (χ0v) is 29.4. The predicted octanol–water partition coefficient (Wildman–Crippen LogP) is 9.86. The van der Waals surface area contributed by atoms with E-state index in [1.807, 2.05) is 12.1 Å². The summed E-state index contributed by atoms with van der Waals surface area (Å²) in [5, 5.41) is 0. The fourth-order valence-electron chi connectivity index (χ4n) is 5.07. The second kappa shape index (κ2) is 18.1. The van der Waals surface area contributed by atoms with Crippen molar-refractivity contribution in [2.45, 2.75) is 25.7 Å². The number of hydrogen-bond acceptors (Lipinski definition) is 0. The van der Waals surface area contributed by atoms with Gasteiger partial charge in [0, 0.05) is 0 Å². The molecule has 1 unspecified atom stereocenters. The van der Waals surface area contributed by atoms with E-state index < -0.39 is 16.8 Å². The van der Waals surface area contributed by atoms with Gasteiger partial charge in [0.2, 0.25) is 0 Å². The summed E-state index contributed by atoms with van der Waals surface area (Å²) in [5.41, 5.74) is 12.4. The quantitative estimate of drug-likeness (QED) is 0.0531. The summed E-state index contributed by atoms with van der Waals surface area (Å²) in [6.07, 6.45) is 17.9. The molecule has 4 aromatic carbocycles. The van der Waals surface area contributed by atoms with Gasteiger partial charge in [-0.25, -0.2) is 0 Å². The standard InChI is InChI=1S/2C15H9.C5H11F3P2.2Au/c2*1-2-11-7-8-15-13(9-11)10-12-5-3-4-6-14(12)15;1-9(6)4-2-3-5-10(7)8;;/h2*3-9H,10H2;2-5H2,1H3;;/q2*-1;;2*+1/p+2. The fraction of sp³-hybridized carbons (Fsp3) is 0.200. The molecule has 42 heavy (non-hydrogen) atoms. The Morgan fingerprint density at radius 1 is 0.595 bits per heavy atom. The molecule has 0 N–H and O–H groups in total. The van der Waals surface area contributed by atoms with Gasteiger partial charge >= 0.3 is 53.3 Å². The van der Waals surface area contributed by atoms with Gasteiger partial charge in [0.05, 0.1) is 12.8 Å². The van der Waals surface area contributed by atoms with Gasteiger partial charge in [0.15, 0.2) is 8.23 Å². The predicted molar refractivity (Wildman–Crippen MR) is 167 cm³/mol. The molecule has 222 valence electrons. The van der Waals surface area contributed by atoms with Crippen LogP contribution >= 0.6 is 16.8 Å². The molecule has 0 fully saturated rings. The van der Waals surface area contributed by atoms with Gasteiger partial charge in [-0.3, -0.25) is 11.8 Å². The third-order valence-electron chi connectivity index (χ3n) is 7.01. The molecule has 0 radical (unpaired) electrons. The van der Waals surface area contributed by atoms with Crippen LogP contribution in [0.3, 0.4) is 0 Å². The molecule has 0 aromatic heterocycles. The van der Waals surface area contributed by atoms with Crippen LogP contribution in [0.15, 0.2) is 84.9 Å². The normalized spacial score (nSPS) is 11.7. The molecule has 0 saturated heterocycles. The Hall–Kier alpha value is -1.87. The van der Waals surface area contributed by atoms with E-state index in [1.54, 1.807) is 6.66 Å². The molecule has 0 nitrogen and oxygen atoms in total. The molecule has 0 amide bonds. The molecule has 0 spiro atoms. The van der Waals surface area contributed by atoms with E-state index in [2.05, 4.69) is 84.6 Å². The van der Waals surface area contributed by atoms with Crippen LogP contribution in [0, 0.1) is 24.7 Å². The Bertz CT molecular complexity index is 1440. The molecule has 7 heteroatoms. The van der Waals surface area contributed by atoms with Crippen molar-refractivity contribution >= 4 is 16.8 Å². The maximum atomic E-state index is 12.1. The third kappa shape index (κ3) is 9.83. The number of fused-ring (bicyclic) bond motifs is 6. The van der Waals surface area contributed by atoms with Crippen molar-refractivity contribution in [1.29, 1.82) is 0 Å². The van der Waals surface area contributed by atoms with Crippen molar-refractivity contribution in [3.8, 4) is 34.1 Å². The molecular weight excluding hydrogens is 933 g/mol. The van der Waals surface area contributed by atoms with Gasteiger partial charge in [-0.15, -0.1) is 35.4 Å². The van der Waals surface area contributed by atoms with Crippen LogP contribution in [0.25, 0.3) is 22.3 Å². The van der Waals surface area contributed by atoms with Crippen LogP contribution in [0.2, 0.25) is 0 Å². The molecule has 0 bridgehead atoms. The summed E-state index contributed by atoms with van der Waals surface area (Å²) in [4.78, 5) is 0. The van der Waals surface area contributed by atoms with Gasteiger partial charge in [-0.1, -0.05) is 76.0 Å². The molecule has 0 saturated carbocycles. The zero-order valence-electron chi connectivity index (χ0n) is 23.1. The summed E-state index contributed by atoms with van der Waals surface area (Å²) in [6, 6.07) is 29.2. The largest absolute Gasteiger partial charge is 1.00 e. The van der Waals surface area contributed by atoms with Crippen LogP contribution in [0.1, 0.15) is 46.2 Å². The third-order valence-corrected chi connectivity index (χ3v) is 8.79. The molecule has 0 heterocycles. The summed E-state index contributed by atoms with van der Waals surface area (Å²) in [6.45, 7) is 1.56. The van der Waals surface area contributed by atoms with E-state index in [4.69, 9.17) is 12.8 Å². The van der Waals surface area contributed by atoms with Crippen molar-refractivity contribution in [2.75, 3.05) is 19.0 Å². The van der Waals surface area contributed by atoms with E-state index >= 15 is 0 Å². The zero-order chi connectivity index (χ0) is 28.5. The maximum Gasteiger partial charge on any atom is 1.00 e. The van der Waals surface area contributed by atoms with Crippen LogP contribution < -0.4 is 0 Å². The molecular formula is C35H31Au2F3P2+2. The van der Waals surface area contributed by atoms with E-state index in [1.165, 1.54) is 44.5 Å². The van der Waals surface area contributed by atoms with Gasteiger partial charge in [-0.2, -0.15) is 0 Å². The molecule has 2 aliphatic carbocycles. The van der Waals surface area contributed by atoms with Crippen molar-refractivity contribution < 1.29 is 57.4 Å². The topological polar surface area (TPSA) is 0 Å². The first-order valence-corrected chi connectivity index (χ1v) is 16.9. The summed E-state index contributed by atoms with van der Waals surface area (Å²) < 4.78 is 35.3. The molecule has 2 aliphatic rings. The number of benzene rings is 4. The number of unbranched alkanes of at least 4 members (excludes halogenated alkanes) is 1. The monoisotopic (exact) mass is 964 g/mol. The first-order valence-electron chi connectivity index (χ1n) is 13.3. The average Bonchev–Trinajstić information content (AvgIpc) is 3.53. The second-order valence-corrected chi connectivity index (χ2v) is 12.9. The van der Waals surface area contributed by atoms with Gasteiger partial charge in [-0.05, 0) is 67.5 Å². The van der Waals surface area contributed by atoms with E-state index in [0.29, 0.717) is 19.0 Å². The van der Waals surface area contributed by atoms with E-state index in [-0.39, 0.29) is 50.9 Å². The van der Waals surface area contributed by atoms with Crippen LogP contribution in [0.4, 0.5) is 12.6 Å². The smallest absolute Gasteiger partial charge is 0.366 e. The minimum atomic E-state index is -3.04. The van der Waals surface area contributed by atoms with E-state index in [9.17, 15) is 12.6 Å². The molecule has 1 atom stereocenters. The van der Waals surface area contributed by atoms with Crippen LogP contribution in [-0.2, 0) is 57.6 Å². The average molecular weight is 965 g/mol. The maximum absolute atomic E-state index is 12.1. The Labute approximate surface area is 282 Å². The number of hydrogen-bond donors (Lipinski definition) is 0. The van der Waals surface area contributed by atoms with Gasteiger partial charge in [0.25, 0.3) is 0 Å². The number of halogens is 3. The Morgan fingerprint density at radius 2 is 1.00 bits per heavy atom. The Morgan fingerprint density at radius 3 is 1.40 bits per heavy atom. The second-order valence-electron chi connectivity index (χ2n) is 9.88. The van der Waals surface area contributed by atoms with Crippen molar-refractivity contribution in [3.63, 3.8) is 0 Å². The minimum absolute atomic E-state index is 0. The Balaban J connectivity index is 0.000000221. The van der Waals surface area contributed by atoms with Crippen LogP contribution in [-0.4, -0.2) is 19.0 Å². The van der Waals surface area contributed by atoms with Gasteiger partial charge < -0.3 is 12.8 Å². The summed E-state index contributed by atoms with van der Waals surface area (Å²) in [7, 11) is -4.71.